The molecule has 0 aliphatic heterocycles. The van der Waals surface area contributed by atoms with Crippen LogP contribution in [-0.2, 0) is 22.4 Å². The number of rotatable bonds is 7. The first-order valence-corrected chi connectivity index (χ1v) is 10.2. The zero-order valence-electron chi connectivity index (χ0n) is 15.9. The van der Waals surface area contributed by atoms with Crippen LogP contribution in [0.25, 0.3) is 0 Å². The Balaban J connectivity index is 1.79. The van der Waals surface area contributed by atoms with Crippen molar-refractivity contribution < 1.29 is 19.1 Å². The van der Waals surface area contributed by atoms with Crippen LogP contribution < -0.4 is 10.1 Å². The molecule has 1 aliphatic rings. The van der Waals surface area contributed by atoms with Crippen molar-refractivity contribution in [2.24, 2.45) is 0 Å². The molecule has 1 aromatic carbocycles. The molecule has 3 rings (SSSR count). The number of fused-ring (bicyclic) bond motifs is 1. The van der Waals surface area contributed by atoms with Crippen LogP contribution in [0.15, 0.2) is 30.3 Å². The Morgan fingerprint density at radius 1 is 1.19 bits per heavy atom. The average molecular weight is 388 g/mol. The number of amides is 1. The van der Waals surface area contributed by atoms with Gasteiger partial charge in [-0.15, -0.1) is 11.3 Å². The molecule has 5 nitrogen and oxygen atoms in total. The van der Waals surface area contributed by atoms with E-state index in [1.165, 1.54) is 11.3 Å². The third-order valence-corrected chi connectivity index (χ3v) is 5.60. The number of benzene rings is 1. The fourth-order valence-corrected chi connectivity index (χ4v) is 4.44. The Bertz CT molecular complexity index is 813. The second-order valence-electron chi connectivity index (χ2n) is 6.83. The molecule has 144 valence electrons. The van der Waals surface area contributed by atoms with Gasteiger partial charge in [0.15, 0.2) is 6.10 Å². The largest absolute Gasteiger partial charge is 0.481 e. The van der Waals surface area contributed by atoms with Crippen LogP contribution in [0.2, 0.25) is 0 Å². The monoisotopic (exact) mass is 387 g/mol. The van der Waals surface area contributed by atoms with Crippen LogP contribution in [0.4, 0.5) is 5.00 Å². The Hall–Kier alpha value is -2.34. The number of ether oxygens (including phenoxy) is 2. The molecule has 1 aromatic heterocycles. The quantitative estimate of drug-likeness (QED) is 0.705. The first-order valence-electron chi connectivity index (χ1n) is 9.37. The molecular weight excluding hydrogens is 362 g/mol. The van der Waals surface area contributed by atoms with Gasteiger partial charge in [0.05, 0.1) is 11.7 Å². The Kier molecular flexibility index (Phi) is 6.16. The van der Waals surface area contributed by atoms with Crippen molar-refractivity contribution in [1.29, 1.82) is 0 Å². The van der Waals surface area contributed by atoms with Gasteiger partial charge in [-0.2, -0.15) is 0 Å². The maximum atomic E-state index is 12.8. The van der Waals surface area contributed by atoms with E-state index in [1.807, 2.05) is 51.1 Å². The third kappa shape index (κ3) is 4.50. The van der Waals surface area contributed by atoms with Crippen LogP contribution in [0, 0.1) is 0 Å². The maximum absolute atomic E-state index is 12.8. The molecule has 27 heavy (non-hydrogen) atoms. The fourth-order valence-electron chi connectivity index (χ4n) is 3.16. The Labute approximate surface area is 163 Å². The summed E-state index contributed by atoms with van der Waals surface area (Å²) in [4.78, 5) is 26.6. The lowest BCUT2D eigenvalue weighted by molar-refractivity contribution is -0.122. The van der Waals surface area contributed by atoms with Gasteiger partial charge < -0.3 is 14.8 Å². The van der Waals surface area contributed by atoms with E-state index in [2.05, 4.69) is 5.32 Å². The van der Waals surface area contributed by atoms with E-state index in [4.69, 9.17) is 9.47 Å². The lowest BCUT2D eigenvalue weighted by Gasteiger charge is -2.17. The first-order chi connectivity index (χ1) is 13.0. The number of para-hydroxylation sites is 1. The molecule has 1 amide bonds. The van der Waals surface area contributed by atoms with Crippen molar-refractivity contribution in [2.75, 3.05) is 5.32 Å². The molecular formula is C21H25NO4S. The normalized spacial score (nSPS) is 13.9. The maximum Gasteiger partial charge on any atom is 0.341 e. The van der Waals surface area contributed by atoms with E-state index in [0.29, 0.717) is 22.7 Å². The molecule has 1 aliphatic carbocycles. The van der Waals surface area contributed by atoms with Crippen molar-refractivity contribution in [3.8, 4) is 5.75 Å². The second-order valence-corrected chi connectivity index (χ2v) is 7.94. The molecule has 0 radical (unpaired) electrons. The zero-order valence-corrected chi connectivity index (χ0v) is 16.7. The minimum Gasteiger partial charge on any atom is -0.481 e. The number of hydrogen-bond donors (Lipinski definition) is 1. The van der Waals surface area contributed by atoms with Gasteiger partial charge in [-0.05, 0) is 57.2 Å². The number of esters is 1. The van der Waals surface area contributed by atoms with Crippen molar-refractivity contribution in [1.82, 2.24) is 0 Å². The molecule has 6 heteroatoms. The van der Waals surface area contributed by atoms with Gasteiger partial charge >= 0.3 is 5.97 Å². The summed E-state index contributed by atoms with van der Waals surface area (Å²) in [6.07, 6.45) is 2.52. The second kappa shape index (κ2) is 8.57. The summed E-state index contributed by atoms with van der Waals surface area (Å²) >= 11 is 1.48. The number of nitrogens with one attached hydrogen (secondary N) is 1. The molecule has 1 heterocycles. The van der Waals surface area contributed by atoms with Gasteiger partial charge in [0.1, 0.15) is 10.8 Å². The highest BCUT2D eigenvalue weighted by molar-refractivity contribution is 7.17. The highest BCUT2D eigenvalue weighted by Crippen LogP contribution is 2.39. The van der Waals surface area contributed by atoms with E-state index in [1.54, 1.807) is 0 Å². The van der Waals surface area contributed by atoms with Gasteiger partial charge in [-0.1, -0.05) is 25.1 Å². The van der Waals surface area contributed by atoms with Crippen LogP contribution in [0.1, 0.15) is 54.4 Å². The molecule has 0 fully saturated rings. The number of anilines is 1. The zero-order chi connectivity index (χ0) is 19.4. The van der Waals surface area contributed by atoms with Crippen molar-refractivity contribution >= 4 is 28.2 Å². The minimum atomic E-state index is -0.627. The predicted octanol–water partition coefficient (Wildman–Crippen LogP) is 4.60. The van der Waals surface area contributed by atoms with Crippen LogP contribution in [0.5, 0.6) is 5.75 Å². The van der Waals surface area contributed by atoms with Crippen LogP contribution >= 0.6 is 11.3 Å². The highest BCUT2D eigenvalue weighted by Gasteiger charge is 2.30. The van der Waals surface area contributed by atoms with Gasteiger partial charge in [0, 0.05) is 4.88 Å². The number of thiophene rings is 1. The number of carbonyl (C=O) groups is 2. The summed E-state index contributed by atoms with van der Waals surface area (Å²) < 4.78 is 11.2. The van der Waals surface area contributed by atoms with Gasteiger partial charge in [0.2, 0.25) is 0 Å². The van der Waals surface area contributed by atoms with Gasteiger partial charge in [-0.3, -0.25) is 4.79 Å². The third-order valence-electron chi connectivity index (χ3n) is 4.39. The fraction of sp³-hybridized carbons (Fsp3) is 0.429. The van der Waals surface area contributed by atoms with E-state index in [-0.39, 0.29) is 18.0 Å². The highest BCUT2D eigenvalue weighted by atomic mass is 32.1. The van der Waals surface area contributed by atoms with Crippen molar-refractivity contribution in [3.05, 3.63) is 46.3 Å². The van der Waals surface area contributed by atoms with Crippen molar-refractivity contribution in [3.63, 3.8) is 0 Å². The molecule has 1 atom stereocenters. The Morgan fingerprint density at radius 3 is 2.59 bits per heavy atom. The summed E-state index contributed by atoms with van der Waals surface area (Å²) in [6, 6.07) is 9.27. The number of hydrogen-bond acceptors (Lipinski definition) is 5. The standard InChI is InChI=1S/C21H25NO4S/c1-4-16(26-14-9-6-5-7-10-14)19(23)22-20-18(21(24)25-13(2)3)15-11-8-12-17(15)27-20/h5-7,9-10,13,16H,4,8,11-12H2,1-3H3,(H,22,23). The first kappa shape index (κ1) is 19.4. The number of carbonyl (C=O) groups excluding carboxylic acids is 2. The summed E-state index contributed by atoms with van der Waals surface area (Å²) in [5, 5.41) is 3.49. The van der Waals surface area contributed by atoms with E-state index in [9.17, 15) is 9.59 Å². The van der Waals surface area contributed by atoms with Gasteiger partial charge in [-0.25, -0.2) is 4.79 Å². The molecule has 1 unspecified atom stereocenters. The van der Waals surface area contributed by atoms with E-state index < -0.39 is 6.10 Å². The predicted molar refractivity (Wildman–Crippen MR) is 107 cm³/mol. The summed E-state index contributed by atoms with van der Waals surface area (Å²) in [6.45, 7) is 5.54. The van der Waals surface area contributed by atoms with Gasteiger partial charge in [0.25, 0.3) is 5.91 Å². The number of aryl methyl sites for hydroxylation is 1. The lowest BCUT2D eigenvalue weighted by atomic mass is 10.1. The molecule has 0 saturated carbocycles. The summed E-state index contributed by atoms with van der Waals surface area (Å²) in [5.74, 6) is 0.0317. The molecule has 0 spiro atoms. The van der Waals surface area contributed by atoms with Crippen molar-refractivity contribution in [2.45, 2.75) is 58.7 Å². The summed E-state index contributed by atoms with van der Waals surface area (Å²) in [7, 11) is 0. The van der Waals surface area contributed by atoms with E-state index >= 15 is 0 Å². The van der Waals surface area contributed by atoms with Crippen LogP contribution in [-0.4, -0.2) is 24.1 Å². The van der Waals surface area contributed by atoms with Crippen LogP contribution in [0.3, 0.4) is 0 Å². The Morgan fingerprint density at radius 2 is 1.93 bits per heavy atom. The topological polar surface area (TPSA) is 64.6 Å². The van der Waals surface area contributed by atoms with E-state index in [0.717, 1.165) is 29.7 Å². The molecule has 0 bridgehead atoms. The smallest absolute Gasteiger partial charge is 0.341 e. The SMILES string of the molecule is CCC(Oc1ccccc1)C(=O)Nc1sc2c(c1C(=O)OC(C)C)CCC2. The minimum absolute atomic E-state index is 0.206. The molecule has 1 N–H and O–H groups in total. The lowest BCUT2D eigenvalue weighted by Crippen LogP contribution is -2.32. The molecule has 0 saturated heterocycles. The summed E-state index contributed by atoms with van der Waals surface area (Å²) in [5.41, 5.74) is 1.54. The molecule has 2 aromatic rings. The average Bonchev–Trinajstić information content (AvgIpc) is 3.20.